The number of nitrogens with one attached hydrogen (secondary N) is 1. The minimum absolute atomic E-state index is 0.0102. The van der Waals surface area contributed by atoms with Gasteiger partial charge in [-0.25, -0.2) is 4.99 Å². The number of carbonyl (C=O) groups excluding carboxylic acids is 1. The lowest BCUT2D eigenvalue weighted by Gasteiger charge is -2.29. The molecule has 0 fully saturated rings. The van der Waals surface area contributed by atoms with Gasteiger partial charge in [0.25, 0.3) is 0 Å². The molecule has 0 atom stereocenters. The highest BCUT2D eigenvalue weighted by Gasteiger charge is 2.36. The van der Waals surface area contributed by atoms with Gasteiger partial charge in [0.1, 0.15) is 0 Å². The predicted octanol–water partition coefficient (Wildman–Crippen LogP) is 2.90. The lowest BCUT2D eigenvalue weighted by Crippen LogP contribution is -2.44. The van der Waals surface area contributed by atoms with E-state index in [0.29, 0.717) is 5.17 Å². The second-order valence-electron chi connectivity index (χ2n) is 4.64. The zero-order valence-corrected chi connectivity index (χ0v) is 11.5. The van der Waals surface area contributed by atoms with E-state index < -0.39 is 5.41 Å². The van der Waals surface area contributed by atoms with Gasteiger partial charge in [0.05, 0.1) is 11.1 Å². The van der Waals surface area contributed by atoms with Crippen molar-refractivity contribution in [3.8, 4) is 0 Å². The molecule has 4 heteroatoms. The number of nitrogens with zero attached hydrogens (tertiary/aromatic N) is 1. The van der Waals surface area contributed by atoms with E-state index >= 15 is 0 Å². The van der Waals surface area contributed by atoms with Gasteiger partial charge in [0, 0.05) is 0 Å². The van der Waals surface area contributed by atoms with Gasteiger partial charge < -0.3 is 5.32 Å². The van der Waals surface area contributed by atoms with E-state index in [1.807, 2.05) is 56.5 Å². The Hall–Kier alpha value is -1.55. The van der Waals surface area contributed by atoms with Crippen LogP contribution in [0.2, 0.25) is 0 Å². The van der Waals surface area contributed by atoms with Crippen LogP contribution in [0.4, 0.5) is 0 Å². The van der Waals surface area contributed by atoms with Gasteiger partial charge in [-0.3, -0.25) is 4.79 Å². The minimum atomic E-state index is -0.602. The van der Waals surface area contributed by atoms with Crippen LogP contribution in [0.5, 0.6) is 0 Å². The molecule has 1 aromatic rings. The summed E-state index contributed by atoms with van der Waals surface area (Å²) < 4.78 is 0. The fraction of sp³-hybridized carbons (Fsp3) is 0.286. The molecule has 2 rings (SSSR count). The van der Waals surface area contributed by atoms with Gasteiger partial charge in [-0.05, 0) is 31.7 Å². The Morgan fingerprint density at radius 2 is 1.94 bits per heavy atom. The maximum absolute atomic E-state index is 12.0. The fourth-order valence-corrected chi connectivity index (χ4v) is 2.05. The van der Waals surface area contributed by atoms with E-state index in [1.165, 1.54) is 11.8 Å². The second kappa shape index (κ2) is 4.98. The van der Waals surface area contributed by atoms with Crippen LogP contribution >= 0.6 is 11.8 Å². The van der Waals surface area contributed by atoms with Crippen molar-refractivity contribution in [2.45, 2.75) is 13.8 Å². The Morgan fingerprint density at radius 1 is 1.28 bits per heavy atom. The summed E-state index contributed by atoms with van der Waals surface area (Å²) in [5.74, 6) is -0.0102. The predicted molar refractivity (Wildman–Crippen MR) is 77.3 cm³/mol. The van der Waals surface area contributed by atoms with Gasteiger partial charge in [0.2, 0.25) is 5.91 Å². The highest BCUT2D eigenvalue weighted by molar-refractivity contribution is 8.13. The summed E-state index contributed by atoms with van der Waals surface area (Å²) >= 11 is 1.44. The van der Waals surface area contributed by atoms with Crippen molar-refractivity contribution in [2.75, 3.05) is 6.26 Å². The molecule has 0 saturated carbocycles. The summed E-state index contributed by atoms with van der Waals surface area (Å²) in [6.07, 6.45) is 3.87. The van der Waals surface area contributed by atoms with Gasteiger partial charge >= 0.3 is 0 Å². The number of amides is 1. The van der Waals surface area contributed by atoms with Crippen molar-refractivity contribution in [3.05, 3.63) is 41.6 Å². The zero-order chi connectivity index (χ0) is 13.2. The van der Waals surface area contributed by atoms with Crippen molar-refractivity contribution in [2.24, 2.45) is 10.4 Å². The number of thioether (sulfide) groups is 1. The van der Waals surface area contributed by atoms with Crippen molar-refractivity contribution in [3.63, 3.8) is 0 Å². The van der Waals surface area contributed by atoms with Crippen LogP contribution < -0.4 is 5.32 Å². The van der Waals surface area contributed by atoms with E-state index in [9.17, 15) is 4.79 Å². The van der Waals surface area contributed by atoms with E-state index in [4.69, 9.17) is 0 Å². The molecule has 0 bridgehead atoms. The van der Waals surface area contributed by atoms with Crippen LogP contribution in [-0.4, -0.2) is 17.3 Å². The molecule has 0 saturated heterocycles. The smallest absolute Gasteiger partial charge is 0.237 e. The largest absolute Gasteiger partial charge is 0.304 e. The molecule has 1 N–H and O–H groups in total. The number of hydrogen-bond acceptors (Lipinski definition) is 3. The topological polar surface area (TPSA) is 41.5 Å². The SMILES string of the molecule is CSC1=N/C(=C/c2ccccc2)C(C)(C)C(=O)N1. The highest BCUT2D eigenvalue weighted by Crippen LogP contribution is 2.32. The third kappa shape index (κ3) is 2.48. The molecule has 0 unspecified atom stereocenters. The van der Waals surface area contributed by atoms with Crippen LogP contribution in [0.3, 0.4) is 0 Å². The van der Waals surface area contributed by atoms with Crippen molar-refractivity contribution >= 4 is 28.9 Å². The van der Waals surface area contributed by atoms with Gasteiger partial charge in [-0.15, -0.1) is 0 Å². The number of amidine groups is 1. The Bertz CT molecular complexity index is 518. The molecule has 0 aromatic heterocycles. The normalized spacial score (nSPS) is 20.5. The summed E-state index contributed by atoms with van der Waals surface area (Å²) in [6, 6.07) is 9.92. The first kappa shape index (κ1) is 12.9. The number of benzene rings is 1. The fourth-order valence-electron chi connectivity index (χ4n) is 1.66. The van der Waals surface area contributed by atoms with E-state index in [0.717, 1.165) is 11.3 Å². The molecule has 1 aliphatic rings. The average molecular weight is 260 g/mol. The molecule has 94 valence electrons. The van der Waals surface area contributed by atoms with Crippen molar-refractivity contribution in [1.82, 2.24) is 5.32 Å². The molecule has 0 radical (unpaired) electrons. The molecular weight excluding hydrogens is 244 g/mol. The first-order valence-electron chi connectivity index (χ1n) is 5.75. The van der Waals surface area contributed by atoms with Gasteiger partial charge in [-0.1, -0.05) is 42.1 Å². The summed E-state index contributed by atoms with van der Waals surface area (Å²) in [5, 5.41) is 3.46. The molecule has 1 aromatic carbocycles. The van der Waals surface area contributed by atoms with Crippen LogP contribution in [0.25, 0.3) is 6.08 Å². The maximum Gasteiger partial charge on any atom is 0.237 e. The zero-order valence-electron chi connectivity index (χ0n) is 10.7. The Labute approximate surface area is 111 Å². The van der Waals surface area contributed by atoms with Crippen LogP contribution in [-0.2, 0) is 4.79 Å². The lowest BCUT2D eigenvalue weighted by molar-refractivity contribution is -0.126. The maximum atomic E-state index is 12.0. The Balaban J connectivity index is 2.46. The molecule has 1 heterocycles. The quantitative estimate of drug-likeness (QED) is 0.843. The number of aliphatic imine (C=N–C) groups is 1. The van der Waals surface area contributed by atoms with E-state index in [2.05, 4.69) is 10.3 Å². The average Bonchev–Trinajstić information content (AvgIpc) is 2.36. The monoisotopic (exact) mass is 260 g/mol. The molecule has 0 spiro atoms. The van der Waals surface area contributed by atoms with Crippen LogP contribution in [0, 0.1) is 5.41 Å². The minimum Gasteiger partial charge on any atom is -0.304 e. The third-order valence-corrected chi connectivity index (χ3v) is 3.53. The molecular formula is C14H16N2OS. The Kier molecular flexibility index (Phi) is 3.57. The van der Waals surface area contributed by atoms with Gasteiger partial charge in [0.15, 0.2) is 5.17 Å². The number of carbonyl (C=O) groups is 1. The van der Waals surface area contributed by atoms with Gasteiger partial charge in [-0.2, -0.15) is 0 Å². The third-order valence-electron chi connectivity index (χ3n) is 2.95. The first-order chi connectivity index (χ1) is 8.54. The molecule has 0 aliphatic carbocycles. The van der Waals surface area contributed by atoms with E-state index in [-0.39, 0.29) is 5.91 Å². The Morgan fingerprint density at radius 3 is 2.56 bits per heavy atom. The first-order valence-corrected chi connectivity index (χ1v) is 6.98. The number of rotatable bonds is 1. The summed E-state index contributed by atoms with van der Waals surface area (Å²) in [7, 11) is 0. The lowest BCUT2D eigenvalue weighted by atomic mass is 9.86. The molecule has 1 amide bonds. The summed E-state index contributed by atoms with van der Waals surface area (Å²) in [5.41, 5.74) is 1.25. The van der Waals surface area contributed by atoms with Crippen molar-refractivity contribution < 1.29 is 4.79 Å². The summed E-state index contributed by atoms with van der Waals surface area (Å²) in [4.78, 5) is 16.5. The molecule has 3 nitrogen and oxygen atoms in total. The van der Waals surface area contributed by atoms with E-state index in [1.54, 1.807) is 0 Å². The summed E-state index contributed by atoms with van der Waals surface area (Å²) in [6.45, 7) is 3.77. The standard InChI is InChI=1S/C14H16N2OS/c1-14(2)11(9-10-7-5-4-6-8-10)15-13(18-3)16-12(14)17/h4-9H,1-3H3,(H,15,16,17)/b11-9+. The van der Waals surface area contributed by atoms with Crippen molar-refractivity contribution in [1.29, 1.82) is 0 Å². The second-order valence-corrected chi connectivity index (χ2v) is 5.44. The highest BCUT2D eigenvalue weighted by atomic mass is 32.2. The molecule has 18 heavy (non-hydrogen) atoms. The number of hydrogen-bond donors (Lipinski definition) is 1. The molecule has 1 aliphatic heterocycles. The van der Waals surface area contributed by atoms with Crippen LogP contribution in [0.15, 0.2) is 41.0 Å². The van der Waals surface area contributed by atoms with Crippen LogP contribution in [0.1, 0.15) is 19.4 Å².